The number of benzene rings is 2. The molecule has 162 valence electrons. The molecule has 1 N–H and O–H groups in total. The largest absolute Gasteiger partial charge is 0.383 e. The number of nitrogens with zero attached hydrogens (tertiary/aromatic N) is 2. The van der Waals surface area contributed by atoms with Crippen LogP contribution < -0.4 is 10.2 Å². The Hall–Kier alpha value is -2.44. The van der Waals surface area contributed by atoms with Crippen LogP contribution in [-0.2, 0) is 4.74 Å². The average molecular weight is 414 g/mol. The topological polar surface area (TPSA) is 44.8 Å². The first-order chi connectivity index (χ1) is 14.6. The first-order valence-corrected chi connectivity index (χ1v) is 10.7. The Labute approximate surface area is 178 Å². The highest BCUT2D eigenvalue weighted by molar-refractivity contribution is 5.96. The number of hydrogen-bond acceptors (Lipinski definition) is 5. The molecular weight excluding hydrogens is 381 g/mol. The van der Waals surface area contributed by atoms with Crippen LogP contribution in [0, 0.1) is 5.82 Å². The lowest BCUT2D eigenvalue weighted by Crippen LogP contribution is -2.46. The second kappa shape index (κ2) is 11.1. The van der Waals surface area contributed by atoms with E-state index in [1.54, 1.807) is 19.2 Å². The third-order valence-corrected chi connectivity index (χ3v) is 5.47. The number of methoxy groups -OCH3 is 1. The summed E-state index contributed by atoms with van der Waals surface area (Å²) in [7, 11) is 1.63. The predicted molar refractivity (Wildman–Crippen MR) is 120 cm³/mol. The lowest BCUT2D eigenvalue weighted by molar-refractivity contribution is 0.0970. The van der Waals surface area contributed by atoms with E-state index in [0.717, 1.165) is 39.1 Å². The molecule has 1 unspecified atom stereocenters. The van der Waals surface area contributed by atoms with Gasteiger partial charge < -0.3 is 15.0 Å². The van der Waals surface area contributed by atoms with E-state index < -0.39 is 5.82 Å². The summed E-state index contributed by atoms with van der Waals surface area (Å²) in [6, 6.07) is 15.2. The first kappa shape index (κ1) is 22.2. The van der Waals surface area contributed by atoms with Gasteiger partial charge in [-0.3, -0.25) is 9.69 Å². The molecule has 30 heavy (non-hydrogen) atoms. The zero-order valence-corrected chi connectivity index (χ0v) is 17.9. The maximum atomic E-state index is 14.4. The van der Waals surface area contributed by atoms with Gasteiger partial charge in [0.1, 0.15) is 5.82 Å². The number of ether oxygens (including phenoxy) is 1. The highest BCUT2D eigenvalue weighted by Crippen LogP contribution is 2.19. The summed E-state index contributed by atoms with van der Waals surface area (Å²) < 4.78 is 19.5. The number of ketones is 1. The Morgan fingerprint density at radius 3 is 2.53 bits per heavy atom. The highest BCUT2D eigenvalue weighted by Gasteiger charge is 2.18. The number of halogens is 1. The number of para-hydroxylation sites is 1. The maximum Gasteiger partial charge on any atom is 0.165 e. The summed E-state index contributed by atoms with van der Waals surface area (Å²) in [6.07, 6.45) is 1.11. The van der Waals surface area contributed by atoms with Crippen LogP contribution in [-0.4, -0.2) is 63.2 Å². The van der Waals surface area contributed by atoms with Crippen LogP contribution >= 0.6 is 0 Å². The van der Waals surface area contributed by atoms with Gasteiger partial charge in [0.05, 0.1) is 12.2 Å². The fraction of sp³-hybridized carbons (Fsp3) is 0.458. The molecular formula is C24H32FN3O2. The minimum absolute atomic E-state index is 0.0679. The summed E-state index contributed by atoms with van der Waals surface area (Å²) in [4.78, 5) is 17.2. The number of rotatable bonds is 10. The van der Waals surface area contributed by atoms with Gasteiger partial charge in [0.2, 0.25) is 0 Å². The van der Waals surface area contributed by atoms with Gasteiger partial charge in [-0.15, -0.1) is 0 Å². The summed E-state index contributed by atoms with van der Waals surface area (Å²) in [5, 5.41) is 3.16. The molecule has 0 radical (unpaired) electrons. The molecule has 1 saturated heterocycles. The minimum atomic E-state index is -0.467. The van der Waals surface area contributed by atoms with Crippen molar-refractivity contribution >= 4 is 17.2 Å². The molecule has 1 atom stereocenters. The van der Waals surface area contributed by atoms with Crippen molar-refractivity contribution in [2.75, 3.05) is 56.7 Å². The number of carbonyl (C=O) groups is 1. The van der Waals surface area contributed by atoms with Gasteiger partial charge in [0.25, 0.3) is 0 Å². The summed E-state index contributed by atoms with van der Waals surface area (Å²) >= 11 is 0. The van der Waals surface area contributed by atoms with Crippen LogP contribution in [0.15, 0.2) is 48.5 Å². The van der Waals surface area contributed by atoms with Gasteiger partial charge >= 0.3 is 0 Å². The molecule has 6 heteroatoms. The molecule has 0 bridgehead atoms. The van der Waals surface area contributed by atoms with Gasteiger partial charge in [-0.2, -0.15) is 0 Å². The smallest absolute Gasteiger partial charge is 0.165 e. The Morgan fingerprint density at radius 1 is 1.13 bits per heavy atom. The Balaban J connectivity index is 1.41. The van der Waals surface area contributed by atoms with E-state index in [2.05, 4.69) is 39.4 Å². The van der Waals surface area contributed by atoms with Crippen LogP contribution in [0.25, 0.3) is 0 Å². The van der Waals surface area contributed by atoms with E-state index in [9.17, 15) is 9.18 Å². The van der Waals surface area contributed by atoms with Crippen molar-refractivity contribution < 1.29 is 13.9 Å². The number of anilines is 2. The van der Waals surface area contributed by atoms with Crippen LogP contribution in [0.2, 0.25) is 0 Å². The van der Waals surface area contributed by atoms with Crippen molar-refractivity contribution in [2.24, 2.45) is 0 Å². The van der Waals surface area contributed by atoms with Gasteiger partial charge in [-0.1, -0.05) is 18.2 Å². The van der Waals surface area contributed by atoms with E-state index in [4.69, 9.17) is 4.74 Å². The van der Waals surface area contributed by atoms with E-state index in [0.29, 0.717) is 18.7 Å². The number of hydrogen-bond donors (Lipinski definition) is 1. The second-order valence-electron chi connectivity index (χ2n) is 7.89. The predicted octanol–water partition coefficient (Wildman–Crippen LogP) is 4.06. The standard InChI is InChI=1S/C24H32FN3O2/c1-19(18-30-2)26-20-10-11-22(23(25)17-20)24(29)9-6-12-27-13-15-28(16-14-27)21-7-4-3-5-8-21/h3-5,7-8,10-11,17,19,26H,6,9,12-16,18H2,1-2H3. The molecule has 0 aliphatic carbocycles. The summed E-state index contributed by atoms with van der Waals surface area (Å²) in [5.41, 5.74) is 2.09. The van der Waals surface area contributed by atoms with Crippen molar-refractivity contribution in [3.05, 3.63) is 59.9 Å². The van der Waals surface area contributed by atoms with Crippen molar-refractivity contribution in [1.82, 2.24) is 4.90 Å². The fourth-order valence-electron chi connectivity index (χ4n) is 3.87. The fourth-order valence-corrected chi connectivity index (χ4v) is 3.87. The van der Waals surface area contributed by atoms with E-state index in [-0.39, 0.29) is 17.4 Å². The SMILES string of the molecule is COCC(C)Nc1ccc(C(=O)CCCN2CCN(c3ccccc3)CC2)c(F)c1. The second-order valence-corrected chi connectivity index (χ2v) is 7.89. The average Bonchev–Trinajstić information content (AvgIpc) is 2.75. The van der Waals surface area contributed by atoms with Crippen LogP contribution in [0.4, 0.5) is 15.8 Å². The zero-order chi connectivity index (χ0) is 21.3. The first-order valence-electron chi connectivity index (χ1n) is 10.7. The maximum absolute atomic E-state index is 14.4. The molecule has 0 saturated carbocycles. The van der Waals surface area contributed by atoms with Gasteiger partial charge in [-0.25, -0.2) is 4.39 Å². The number of Topliss-reactive ketones (excluding diaryl/α,β-unsaturated/α-hetero) is 1. The molecule has 1 heterocycles. The minimum Gasteiger partial charge on any atom is -0.383 e. The molecule has 3 rings (SSSR count). The van der Waals surface area contributed by atoms with Crippen LogP contribution in [0.5, 0.6) is 0 Å². The number of piperazine rings is 1. The van der Waals surface area contributed by atoms with Gasteiger partial charge in [-0.05, 0) is 50.2 Å². The molecule has 0 spiro atoms. The van der Waals surface area contributed by atoms with E-state index in [1.165, 1.54) is 11.8 Å². The van der Waals surface area contributed by atoms with Crippen LogP contribution in [0.1, 0.15) is 30.1 Å². The molecule has 1 aliphatic heterocycles. The zero-order valence-electron chi connectivity index (χ0n) is 17.9. The third kappa shape index (κ3) is 6.28. The molecule has 0 amide bonds. The summed E-state index contributed by atoms with van der Waals surface area (Å²) in [6.45, 7) is 7.30. The summed E-state index contributed by atoms with van der Waals surface area (Å²) in [5.74, 6) is -0.599. The Bertz CT molecular complexity index is 807. The van der Waals surface area contributed by atoms with Gasteiger partial charge in [0.15, 0.2) is 5.78 Å². The van der Waals surface area contributed by atoms with Crippen LogP contribution in [0.3, 0.4) is 0 Å². The third-order valence-electron chi connectivity index (χ3n) is 5.47. The lowest BCUT2D eigenvalue weighted by Gasteiger charge is -2.36. The molecule has 0 aromatic heterocycles. The van der Waals surface area contributed by atoms with E-state index >= 15 is 0 Å². The number of nitrogens with one attached hydrogen (secondary N) is 1. The quantitative estimate of drug-likeness (QED) is 0.595. The number of carbonyl (C=O) groups excluding carboxylic acids is 1. The molecule has 2 aromatic carbocycles. The molecule has 1 fully saturated rings. The Morgan fingerprint density at radius 2 is 1.87 bits per heavy atom. The molecule has 1 aliphatic rings. The Kier molecular flexibility index (Phi) is 8.22. The van der Waals surface area contributed by atoms with Crippen molar-refractivity contribution in [3.8, 4) is 0 Å². The molecule has 5 nitrogen and oxygen atoms in total. The molecule has 2 aromatic rings. The highest BCUT2D eigenvalue weighted by atomic mass is 19.1. The van der Waals surface area contributed by atoms with Crippen molar-refractivity contribution in [1.29, 1.82) is 0 Å². The van der Waals surface area contributed by atoms with Gasteiger partial charge in [0, 0.05) is 57.1 Å². The lowest BCUT2D eigenvalue weighted by atomic mass is 10.0. The van der Waals surface area contributed by atoms with Crippen molar-refractivity contribution in [2.45, 2.75) is 25.8 Å². The monoisotopic (exact) mass is 413 g/mol. The normalized spacial score (nSPS) is 15.8. The van der Waals surface area contributed by atoms with Crippen molar-refractivity contribution in [3.63, 3.8) is 0 Å². The van der Waals surface area contributed by atoms with E-state index in [1.807, 2.05) is 13.0 Å².